The first kappa shape index (κ1) is 19.9. The van der Waals surface area contributed by atoms with E-state index in [2.05, 4.69) is 0 Å². The number of carbonyl (C=O) groups is 1. The minimum atomic E-state index is -3.40. The van der Waals surface area contributed by atoms with Crippen LogP contribution in [-0.4, -0.2) is 61.4 Å². The van der Waals surface area contributed by atoms with E-state index in [1.54, 1.807) is 33.5 Å². The summed E-state index contributed by atoms with van der Waals surface area (Å²) in [6.07, 6.45) is 3.84. The van der Waals surface area contributed by atoms with Crippen molar-refractivity contribution < 1.29 is 18.3 Å². The number of carbonyl (C=O) groups excluding carboxylic acids is 1. The largest absolute Gasteiger partial charge is 0.395 e. The first-order valence-electron chi connectivity index (χ1n) is 8.96. The first-order valence-corrected chi connectivity index (χ1v) is 10.4. The predicted octanol–water partition coefficient (Wildman–Crippen LogP) is 1.63. The molecular weight excluding hydrogens is 340 g/mol. The van der Waals surface area contributed by atoms with Gasteiger partial charge in [0, 0.05) is 32.6 Å². The average Bonchev–Trinajstić information content (AvgIpc) is 2.65. The van der Waals surface area contributed by atoms with Gasteiger partial charge in [0.2, 0.25) is 15.9 Å². The molecule has 6 nitrogen and oxygen atoms in total. The topological polar surface area (TPSA) is 77.9 Å². The van der Waals surface area contributed by atoms with E-state index in [-0.39, 0.29) is 12.5 Å². The molecule has 0 atom stereocenters. The van der Waals surface area contributed by atoms with Gasteiger partial charge in [-0.05, 0) is 43.9 Å². The Morgan fingerprint density at radius 1 is 1.16 bits per heavy atom. The molecule has 1 N–H and O–H groups in total. The third-order valence-corrected chi connectivity index (χ3v) is 6.52. The number of amides is 1. The molecule has 1 fully saturated rings. The van der Waals surface area contributed by atoms with Crippen molar-refractivity contribution in [2.75, 3.05) is 32.8 Å². The molecule has 1 heterocycles. The van der Waals surface area contributed by atoms with E-state index in [9.17, 15) is 13.2 Å². The number of likely N-dealkylation sites (N-methyl/N-ethyl adjacent to an activating group) is 1. The Morgan fingerprint density at radius 2 is 1.80 bits per heavy atom. The van der Waals surface area contributed by atoms with Gasteiger partial charge >= 0.3 is 0 Å². The number of sulfonamides is 1. The van der Waals surface area contributed by atoms with Crippen molar-refractivity contribution in [3.8, 4) is 0 Å². The van der Waals surface area contributed by atoms with Gasteiger partial charge in [0.15, 0.2) is 0 Å². The molecule has 140 valence electrons. The van der Waals surface area contributed by atoms with Crippen molar-refractivity contribution in [1.29, 1.82) is 0 Å². The lowest BCUT2D eigenvalue weighted by atomic mass is 10.1. The number of benzene rings is 1. The van der Waals surface area contributed by atoms with Gasteiger partial charge in [0.25, 0.3) is 0 Å². The van der Waals surface area contributed by atoms with Crippen molar-refractivity contribution in [2.45, 2.75) is 43.9 Å². The fourth-order valence-electron chi connectivity index (χ4n) is 3.07. The van der Waals surface area contributed by atoms with Gasteiger partial charge < -0.3 is 10.0 Å². The van der Waals surface area contributed by atoms with Crippen LogP contribution in [0.2, 0.25) is 0 Å². The summed E-state index contributed by atoms with van der Waals surface area (Å²) in [6, 6.07) is 6.84. The van der Waals surface area contributed by atoms with Gasteiger partial charge in [0.05, 0.1) is 11.5 Å². The summed E-state index contributed by atoms with van der Waals surface area (Å²) in [5.41, 5.74) is 0.936. The molecular formula is C18H28N2O4S. The Morgan fingerprint density at radius 3 is 2.36 bits per heavy atom. The average molecular weight is 368 g/mol. The second-order valence-electron chi connectivity index (χ2n) is 6.31. The molecule has 1 aromatic carbocycles. The molecule has 1 saturated heterocycles. The maximum Gasteiger partial charge on any atom is 0.243 e. The quantitative estimate of drug-likeness (QED) is 0.757. The lowest BCUT2D eigenvalue weighted by molar-refractivity contribution is -0.131. The normalized spacial score (nSPS) is 15.9. The molecule has 2 rings (SSSR count). The minimum Gasteiger partial charge on any atom is -0.395 e. The highest BCUT2D eigenvalue weighted by atomic mass is 32.2. The Kier molecular flexibility index (Phi) is 7.40. The summed E-state index contributed by atoms with van der Waals surface area (Å²) < 4.78 is 26.8. The van der Waals surface area contributed by atoms with Crippen molar-refractivity contribution in [2.24, 2.45) is 0 Å². The summed E-state index contributed by atoms with van der Waals surface area (Å²) in [7, 11) is -3.40. The predicted molar refractivity (Wildman–Crippen MR) is 96.7 cm³/mol. The number of hydrogen-bond donors (Lipinski definition) is 1. The molecule has 0 saturated carbocycles. The molecule has 0 aromatic heterocycles. The van der Waals surface area contributed by atoms with Crippen LogP contribution in [0.5, 0.6) is 0 Å². The molecule has 1 amide bonds. The van der Waals surface area contributed by atoms with E-state index >= 15 is 0 Å². The van der Waals surface area contributed by atoms with Crippen molar-refractivity contribution in [3.05, 3.63) is 29.8 Å². The number of rotatable bonds is 8. The third-order valence-electron chi connectivity index (χ3n) is 4.61. The second kappa shape index (κ2) is 9.31. The van der Waals surface area contributed by atoms with Crippen LogP contribution in [0.3, 0.4) is 0 Å². The van der Waals surface area contributed by atoms with E-state index in [0.717, 1.165) is 24.8 Å². The second-order valence-corrected chi connectivity index (χ2v) is 8.24. The maximum atomic E-state index is 12.6. The van der Waals surface area contributed by atoms with E-state index in [0.29, 0.717) is 43.9 Å². The van der Waals surface area contributed by atoms with Gasteiger partial charge in [-0.1, -0.05) is 18.6 Å². The van der Waals surface area contributed by atoms with E-state index in [1.165, 1.54) is 0 Å². The SMILES string of the molecule is CCN(CCO)C(=O)CCc1ccc(S(=O)(=O)N2CCCCC2)cc1. The highest BCUT2D eigenvalue weighted by Crippen LogP contribution is 2.21. The summed E-state index contributed by atoms with van der Waals surface area (Å²) >= 11 is 0. The van der Waals surface area contributed by atoms with Crippen LogP contribution in [-0.2, 0) is 21.2 Å². The number of aryl methyl sites for hydroxylation is 1. The van der Waals surface area contributed by atoms with Gasteiger partial charge in [-0.15, -0.1) is 0 Å². The molecule has 1 aromatic rings. The van der Waals surface area contributed by atoms with Crippen LogP contribution in [0, 0.1) is 0 Å². The third kappa shape index (κ3) is 5.26. The molecule has 7 heteroatoms. The molecule has 1 aliphatic rings. The zero-order valence-corrected chi connectivity index (χ0v) is 15.7. The zero-order chi connectivity index (χ0) is 18.3. The van der Waals surface area contributed by atoms with Gasteiger partial charge in [-0.25, -0.2) is 8.42 Å². The Balaban J connectivity index is 1.96. The maximum absolute atomic E-state index is 12.6. The van der Waals surface area contributed by atoms with Crippen molar-refractivity contribution in [3.63, 3.8) is 0 Å². The van der Waals surface area contributed by atoms with E-state index < -0.39 is 10.0 Å². The Hall–Kier alpha value is -1.44. The van der Waals surface area contributed by atoms with Crippen LogP contribution in [0.15, 0.2) is 29.2 Å². The number of aliphatic hydroxyl groups excluding tert-OH is 1. The van der Waals surface area contributed by atoms with Crippen LogP contribution in [0.1, 0.15) is 38.2 Å². The van der Waals surface area contributed by atoms with Crippen molar-refractivity contribution >= 4 is 15.9 Å². The monoisotopic (exact) mass is 368 g/mol. The summed E-state index contributed by atoms with van der Waals surface area (Å²) in [4.78, 5) is 14.0. The number of aliphatic hydroxyl groups is 1. The molecule has 0 bridgehead atoms. The number of nitrogens with zero attached hydrogens (tertiary/aromatic N) is 2. The minimum absolute atomic E-state index is 0.00145. The van der Waals surface area contributed by atoms with Crippen LogP contribution in [0.25, 0.3) is 0 Å². The van der Waals surface area contributed by atoms with Crippen LogP contribution in [0.4, 0.5) is 0 Å². The Labute approximate surface area is 150 Å². The molecule has 25 heavy (non-hydrogen) atoms. The van der Waals surface area contributed by atoms with Gasteiger partial charge in [-0.3, -0.25) is 4.79 Å². The molecule has 0 radical (unpaired) electrons. The van der Waals surface area contributed by atoms with Gasteiger partial charge in [0.1, 0.15) is 0 Å². The summed E-state index contributed by atoms with van der Waals surface area (Å²) in [6.45, 7) is 3.96. The summed E-state index contributed by atoms with van der Waals surface area (Å²) in [5, 5.41) is 8.96. The molecule has 0 aliphatic carbocycles. The summed E-state index contributed by atoms with van der Waals surface area (Å²) in [5.74, 6) is 0.00145. The van der Waals surface area contributed by atoms with E-state index in [4.69, 9.17) is 5.11 Å². The highest BCUT2D eigenvalue weighted by molar-refractivity contribution is 7.89. The molecule has 0 unspecified atom stereocenters. The van der Waals surface area contributed by atoms with Gasteiger partial charge in [-0.2, -0.15) is 4.31 Å². The molecule has 0 spiro atoms. The number of piperidine rings is 1. The molecule has 1 aliphatic heterocycles. The van der Waals surface area contributed by atoms with Crippen LogP contribution >= 0.6 is 0 Å². The standard InChI is InChI=1S/C18H28N2O4S/c1-2-19(14-15-21)18(22)11-8-16-6-9-17(10-7-16)25(23,24)20-12-4-3-5-13-20/h6-7,9-10,21H,2-5,8,11-15H2,1H3. The lowest BCUT2D eigenvalue weighted by Gasteiger charge is -2.25. The van der Waals surface area contributed by atoms with Crippen molar-refractivity contribution in [1.82, 2.24) is 9.21 Å². The first-order chi connectivity index (χ1) is 12.0. The van der Waals surface area contributed by atoms with Crippen LogP contribution < -0.4 is 0 Å². The van der Waals surface area contributed by atoms with E-state index in [1.807, 2.05) is 6.92 Å². The highest BCUT2D eigenvalue weighted by Gasteiger charge is 2.25. The fourth-order valence-corrected chi connectivity index (χ4v) is 4.59. The zero-order valence-electron chi connectivity index (χ0n) is 14.9. The smallest absolute Gasteiger partial charge is 0.243 e. The lowest BCUT2D eigenvalue weighted by Crippen LogP contribution is -2.35. The number of hydrogen-bond acceptors (Lipinski definition) is 4. The Bertz CT molecular complexity index is 652. The fraction of sp³-hybridized carbons (Fsp3) is 0.611.